The molecule has 0 saturated carbocycles. The summed E-state index contributed by atoms with van der Waals surface area (Å²) in [6, 6.07) is 6.29. The molecule has 0 N–H and O–H groups in total. The van der Waals surface area contributed by atoms with Gasteiger partial charge in [0.05, 0.1) is 0 Å². The van der Waals surface area contributed by atoms with E-state index < -0.39 is 0 Å². The lowest BCUT2D eigenvalue weighted by atomic mass is 10.1. The fraction of sp³-hybridized carbons (Fsp3) is 0.385. The van der Waals surface area contributed by atoms with Crippen LogP contribution >= 0.6 is 15.9 Å². The van der Waals surface area contributed by atoms with Crippen molar-refractivity contribution < 1.29 is 9.59 Å². The Morgan fingerprint density at radius 2 is 1.29 bits per heavy atom. The fourth-order valence-electron chi connectivity index (χ4n) is 0.705. The number of halogens is 1. The summed E-state index contributed by atoms with van der Waals surface area (Å²) < 4.78 is 1.16. The molecule has 0 heterocycles. The summed E-state index contributed by atoms with van der Waals surface area (Å²) in [7, 11) is 6.00. The summed E-state index contributed by atoms with van der Waals surface area (Å²) in [6.07, 6.45) is 0. The van der Waals surface area contributed by atoms with Crippen molar-refractivity contribution in [2.75, 3.05) is 21.1 Å². The second kappa shape index (κ2) is 15.0. The Bertz CT molecular complexity index is 286. The monoisotopic (exact) mass is 303 g/mol. The minimum Gasteiger partial charge on any atom is -0.312 e. The zero-order chi connectivity index (χ0) is 14.4. The van der Waals surface area contributed by atoms with Gasteiger partial charge in [-0.1, -0.05) is 22.0 Å². The first-order valence-corrected chi connectivity index (χ1v) is 5.64. The summed E-state index contributed by atoms with van der Waals surface area (Å²) >= 11 is 3.40. The minimum absolute atomic E-state index is 1.16. The molecule has 0 amide bonds. The highest BCUT2D eigenvalue weighted by molar-refractivity contribution is 9.10. The molecule has 0 aliphatic carbocycles. The molecule has 17 heavy (non-hydrogen) atoms. The topological polar surface area (TPSA) is 37.4 Å². The first-order chi connectivity index (χ1) is 7.93. The Morgan fingerprint density at radius 3 is 1.53 bits per heavy atom. The van der Waals surface area contributed by atoms with E-state index in [4.69, 9.17) is 9.59 Å². The molecule has 0 unspecified atom stereocenters. The average Bonchev–Trinajstić information content (AvgIpc) is 2.29. The van der Waals surface area contributed by atoms with E-state index in [-0.39, 0.29) is 0 Å². The Balaban J connectivity index is -0.000000208. The van der Waals surface area contributed by atoms with Gasteiger partial charge in [-0.05, 0) is 58.3 Å². The Hall–Kier alpha value is -1.00. The van der Waals surface area contributed by atoms with Gasteiger partial charge in [-0.3, -0.25) is 0 Å². The lowest BCUT2D eigenvalue weighted by molar-refractivity contribution is -0.0987. The number of hydrogen-bond donors (Lipinski definition) is 0. The van der Waals surface area contributed by atoms with Crippen LogP contribution in [0.15, 0.2) is 22.7 Å². The van der Waals surface area contributed by atoms with E-state index in [1.165, 1.54) is 11.1 Å². The van der Waals surface area contributed by atoms with Crippen molar-refractivity contribution in [2.24, 2.45) is 0 Å². The Kier molecular flexibility index (Phi) is 18.8. The van der Waals surface area contributed by atoms with Crippen LogP contribution in [0.4, 0.5) is 0 Å². The smallest absolute Gasteiger partial charge is 0.106 e. The van der Waals surface area contributed by atoms with Gasteiger partial charge in [-0.15, -0.1) is 0 Å². The molecule has 0 atom stereocenters. The van der Waals surface area contributed by atoms with Gasteiger partial charge in [0, 0.05) is 4.47 Å². The third-order valence-corrected chi connectivity index (χ3v) is 1.96. The standard InChI is InChI=1S/C8H9Br.C3H9N.2CH2O/c1-6-3-4-8(9)5-7(6)2;1-4(2)3;2*1-2/h3-5H,1-2H3;1-3H3;2*1H2. The zero-order valence-electron chi connectivity index (χ0n) is 11.3. The van der Waals surface area contributed by atoms with Crippen LogP contribution in [0.25, 0.3) is 0 Å². The number of carbonyl (C=O) groups excluding carboxylic acids is 2. The van der Waals surface area contributed by atoms with Gasteiger partial charge in [0.2, 0.25) is 0 Å². The lowest BCUT2D eigenvalue weighted by Crippen LogP contribution is -1.99. The lowest BCUT2D eigenvalue weighted by Gasteiger charge is -1.97. The number of carbonyl (C=O) groups is 2. The normalized spacial score (nSPS) is 7.71. The van der Waals surface area contributed by atoms with E-state index in [0.29, 0.717) is 0 Å². The second-order valence-corrected chi connectivity index (χ2v) is 4.49. The van der Waals surface area contributed by atoms with Crippen LogP contribution in [0.3, 0.4) is 0 Å². The molecule has 1 rings (SSSR count). The van der Waals surface area contributed by atoms with Crippen molar-refractivity contribution in [1.29, 1.82) is 0 Å². The maximum Gasteiger partial charge on any atom is 0.106 e. The van der Waals surface area contributed by atoms with Crippen molar-refractivity contribution in [1.82, 2.24) is 4.90 Å². The van der Waals surface area contributed by atoms with Crippen molar-refractivity contribution in [3.63, 3.8) is 0 Å². The molecular formula is C13H22BrNO2. The summed E-state index contributed by atoms with van der Waals surface area (Å²) in [5.74, 6) is 0. The predicted octanol–water partition coefficient (Wildman–Crippen LogP) is 2.87. The van der Waals surface area contributed by atoms with Crippen LogP contribution in [-0.2, 0) is 9.59 Å². The minimum atomic E-state index is 1.16. The second-order valence-electron chi connectivity index (χ2n) is 3.57. The van der Waals surface area contributed by atoms with E-state index in [2.05, 4.69) is 48.0 Å². The fourth-order valence-corrected chi connectivity index (χ4v) is 1.18. The number of benzene rings is 1. The first-order valence-electron chi connectivity index (χ1n) is 4.85. The molecule has 0 aliphatic rings. The van der Waals surface area contributed by atoms with Crippen LogP contribution < -0.4 is 0 Å². The molecule has 98 valence electrons. The average molecular weight is 304 g/mol. The van der Waals surface area contributed by atoms with Crippen LogP contribution in [0, 0.1) is 13.8 Å². The van der Waals surface area contributed by atoms with Gasteiger partial charge in [0.1, 0.15) is 13.6 Å². The van der Waals surface area contributed by atoms with Gasteiger partial charge < -0.3 is 14.5 Å². The predicted molar refractivity (Wildman–Crippen MR) is 77.5 cm³/mol. The molecule has 0 radical (unpaired) electrons. The number of rotatable bonds is 0. The highest BCUT2D eigenvalue weighted by Gasteiger charge is 1.90. The quantitative estimate of drug-likeness (QED) is 0.739. The van der Waals surface area contributed by atoms with Gasteiger partial charge >= 0.3 is 0 Å². The van der Waals surface area contributed by atoms with Gasteiger partial charge in [-0.2, -0.15) is 0 Å². The molecule has 0 aliphatic heterocycles. The number of nitrogens with zero attached hydrogens (tertiary/aromatic N) is 1. The molecule has 0 aromatic heterocycles. The molecule has 0 saturated heterocycles. The van der Waals surface area contributed by atoms with Gasteiger partial charge in [-0.25, -0.2) is 0 Å². The molecule has 0 spiro atoms. The third-order valence-electron chi connectivity index (χ3n) is 1.47. The summed E-state index contributed by atoms with van der Waals surface area (Å²) in [5.41, 5.74) is 2.68. The molecule has 1 aromatic carbocycles. The van der Waals surface area contributed by atoms with Crippen LogP contribution in [0.2, 0.25) is 0 Å². The number of hydrogen-bond acceptors (Lipinski definition) is 3. The maximum absolute atomic E-state index is 8.00. The SMILES string of the molecule is C=O.C=O.CN(C)C.Cc1ccc(Br)cc1C. The van der Waals surface area contributed by atoms with Crippen LogP contribution in [0.1, 0.15) is 11.1 Å². The molecule has 4 heteroatoms. The third kappa shape index (κ3) is 17.6. The van der Waals surface area contributed by atoms with Crippen molar-refractivity contribution >= 4 is 29.5 Å². The van der Waals surface area contributed by atoms with Crippen molar-refractivity contribution in [2.45, 2.75) is 13.8 Å². The Labute approximate surface area is 113 Å². The van der Waals surface area contributed by atoms with Gasteiger partial charge in [0.25, 0.3) is 0 Å². The highest BCUT2D eigenvalue weighted by Crippen LogP contribution is 2.14. The first kappa shape index (κ1) is 21.3. The Morgan fingerprint density at radius 1 is 0.941 bits per heavy atom. The number of aryl methyl sites for hydroxylation is 2. The van der Waals surface area contributed by atoms with E-state index in [1.807, 2.05) is 39.6 Å². The summed E-state index contributed by atoms with van der Waals surface area (Å²) in [5, 5.41) is 0. The van der Waals surface area contributed by atoms with E-state index in [0.717, 1.165) is 4.47 Å². The van der Waals surface area contributed by atoms with Crippen molar-refractivity contribution in [3.8, 4) is 0 Å². The molecule has 3 nitrogen and oxygen atoms in total. The summed E-state index contributed by atoms with van der Waals surface area (Å²) in [6.45, 7) is 8.22. The molecule has 0 bridgehead atoms. The van der Waals surface area contributed by atoms with E-state index in [1.54, 1.807) is 0 Å². The van der Waals surface area contributed by atoms with Crippen LogP contribution in [0.5, 0.6) is 0 Å². The van der Waals surface area contributed by atoms with E-state index in [9.17, 15) is 0 Å². The molecule has 0 fully saturated rings. The van der Waals surface area contributed by atoms with Crippen molar-refractivity contribution in [3.05, 3.63) is 33.8 Å². The summed E-state index contributed by atoms with van der Waals surface area (Å²) in [4.78, 5) is 18.0. The maximum atomic E-state index is 8.00. The van der Waals surface area contributed by atoms with E-state index >= 15 is 0 Å². The largest absolute Gasteiger partial charge is 0.312 e. The van der Waals surface area contributed by atoms with Crippen LogP contribution in [-0.4, -0.2) is 39.6 Å². The zero-order valence-corrected chi connectivity index (χ0v) is 12.9. The molecular weight excluding hydrogens is 282 g/mol. The molecule has 1 aromatic rings. The highest BCUT2D eigenvalue weighted by atomic mass is 79.9. The van der Waals surface area contributed by atoms with Gasteiger partial charge in [0.15, 0.2) is 0 Å².